The van der Waals surface area contributed by atoms with Crippen molar-refractivity contribution in [3.05, 3.63) is 59.5 Å². The van der Waals surface area contributed by atoms with Gasteiger partial charge in [0.1, 0.15) is 11.6 Å². The minimum atomic E-state index is -0.310. The van der Waals surface area contributed by atoms with Gasteiger partial charge in [0.15, 0.2) is 0 Å². The van der Waals surface area contributed by atoms with E-state index in [-0.39, 0.29) is 17.8 Å². The number of nitrogens with zero attached hydrogens (tertiary/aromatic N) is 3. The maximum Gasteiger partial charge on any atom is 0.325 e. The van der Waals surface area contributed by atoms with Gasteiger partial charge in [0, 0.05) is 37.9 Å². The van der Waals surface area contributed by atoms with Gasteiger partial charge in [0.25, 0.3) is 5.91 Å². The Balaban J connectivity index is 1.40. The predicted octanol–water partition coefficient (Wildman–Crippen LogP) is 2.80. The number of pyridine rings is 1. The lowest BCUT2D eigenvalue weighted by Crippen LogP contribution is -2.33. The number of carbonyl (C=O) groups excluding carboxylic acids is 2. The summed E-state index contributed by atoms with van der Waals surface area (Å²) < 4.78 is 12.9. The fourth-order valence-electron chi connectivity index (χ4n) is 3.17. The van der Waals surface area contributed by atoms with Crippen LogP contribution in [0.2, 0.25) is 0 Å². The van der Waals surface area contributed by atoms with E-state index < -0.39 is 0 Å². The van der Waals surface area contributed by atoms with Crippen LogP contribution in [0.4, 0.5) is 15.0 Å². The topological polar surface area (TPSA) is 65.5 Å². The van der Waals surface area contributed by atoms with Crippen molar-refractivity contribution in [3.8, 4) is 0 Å². The third-order valence-corrected chi connectivity index (χ3v) is 4.92. The summed E-state index contributed by atoms with van der Waals surface area (Å²) in [6.07, 6.45) is 3.94. The number of urea groups is 1. The molecule has 2 aromatic rings. The lowest BCUT2D eigenvalue weighted by atomic mass is 10.2. The number of halogens is 1. The Kier molecular flexibility index (Phi) is 4.75. The molecule has 1 aliphatic heterocycles. The smallest absolute Gasteiger partial charge is 0.325 e. The number of hydrogen-bond donors (Lipinski definition) is 1. The first kappa shape index (κ1) is 17.5. The summed E-state index contributed by atoms with van der Waals surface area (Å²) >= 11 is 0. The molecular weight excluding hydrogens is 347 g/mol. The highest BCUT2D eigenvalue weighted by Gasteiger charge is 2.34. The number of aromatic nitrogens is 1. The van der Waals surface area contributed by atoms with Crippen LogP contribution >= 0.6 is 0 Å². The number of rotatable bonds is 6. The normalized spacial score (nSPS) is 16.7. The molecule has 1 saturated heterocycles. The molecule has 1 saturated carbocycles. The van der Waals surface area contributed by atoms with Crippen molar-refractivity contribution in [1.29, 1.82) is 0 Å². The number of anilines is 1. The van der Waals surface area contributed by atoms with Gasteiger partial charge in [-0.1, -0.05) is 12.1 Å². The molecule has 0 unspecified atom stereocenters. The van der Waals surface area contributed by atoms with Crippen molar-refractivity contribution < 1.29 is 14.0 Å². The lowest BCUT2D eigenvalue weighted by Gasteiger charge is -2.18. The first-order valence-electron chi connectivity index (χ1n) is 9.15. The van der Waals surface area contributed by atoms with Gasteiger partial charge in [-0.2, -0.15) is 0 Å². The fraction of sp³-hybridized carbons (Fsp3) is 0.350. The quantitative estimate of drug-likeness (QED) is 0.853. The van der Waals surface area contributed by atoms with Crippen LogP contribution in [0.3, 0.4) is 0 Å². The molecule has 0 bridgehead atoms. The SMILES string of the molecule is O=C(NCc1ccc(F)cc1)c1ccnc(N2CCN(CC3CC3)C2=O)c1. The first-order chi connectivity index (χ1) is 13.1. The van der Waals surface area contributed by atoms with Crippen molar-refractivity contribution in [1.82, 2.24) is 15.2 Å². The maximum atomic E-state index is 12.9. The van der Waals surface area contributed by atoms with Crippen LogP contribution in [0, 0.1) is 11.7 Å². The van der Waals surface area contributed by atoms with Crippen molar-refractivity contribution in [2.75, 3.05) is 24.5 Å². The Morgan fingerprint density at radius 2 is 1.96 bits per heavy atom. The Morgan fingerprint density at radius 3 is 2.70 bits per heavy atom. The highest BCUT2D eigenvalue weighted by atomic mass is 19.1. The predicted molar refractivity (Wildman–Crippen MR) is 98.8 cm³/mol. The van der Waals surface area contributed by atoms with Gasteiger partial charge in [0.2, 0.25) is 0 Å². The molecule has 6 nitrogen and oxygen atoms in total. The molecule has 0 atom stereocenters. The monoisotopic (exact) mass is 368 g/mol. The average Bonchev–Trinajstić information content (AvgIpc) is 3.43. The van der Waals surface area contributed by atoms with E-state index in [1.807, 2.05) is 4.90 Å². The molecular formula is C20H21FN4O2. The van der Waals surface area contributed by atoms with Crippen molar-refractivity contribution in [2.24, 2.45) is 5.92 Å². The summed E-state index contributed by atoms with van der Waals surface area (Å²) in [5.41, 5.74) is 1.25. The molecule has 1 aromatic carbocycles. The van der Waals surface area contributed by atoms with Crippen molar-refractivity contribution >= 4 is 17.8 Å². The third kappa shape index (κ3) is 4.07. The fourth-order valence-corrected chi connectivity index (χ4v) is 3.17. The molecule has 27 heavy (non-hydrogen) atoms. The van der Waals surface area contributed by atoms with Crippen LogP contribution in [-0.4, -0.2) is 41.5 Å². The highest BCUT2D eigenvalue weighted by molar-refractivity contribution is 5.97. The second-order valence-electron chi connectivity index (χ2n) is 7.04. The number of amides is 3. The average molecular weight is 368 g/mol. The second kappa shape index (κ2) is 7.34. The molecule has 2 aliphatic rings. The lowest BCUT2D eigenvalue weighted by molar-refractivity contribution is 0.0950. The maximum absolute atomic E-state index is 12.9. The minimum Gasteiger partial charge on any atom is -0.348 e. The summed E-state index contributed by atoms with van der Waals surface area (Å²) in [6, 6.07) is 9.19. The van der Waals surface area contributed by atoms with Crippen LogP contribution in [0.15, 0.2) is 42.6 Å². The molecule has 1 aliphatic carbocycles. The van der Waals surface area contributed by atoms with Gasteiger partial charge in [-0.3, -0.25) is 9.69 Å². The Bertz CT molecular complexity index is 851. The number of hydrogen-bond acceptors (Lipinski definition) is 3. The van der Waals surface area contributed by atoms with E-state index in [4.69, 9.17) is 0 Å². The molecule has 1 aromatic heterocycles. The number of benzene rings is 1. The van der Waals surface area contributed by atoms with Gasteiger partial charge in [0.05, 0.1) is 0 Å². The number of nitrogens with one attached hydrogen (secondary N) is 1. The van der Waals surface area contributed by atoms with Gasteiger partial charge in [-0.15, -0.1) is 0 Å². The molecule has 0 radical (unpaired) electrons. The van der Waals surface area contributed by atoms with Crippen LogP contribution in [0.5, 0.6) is 0 Å². The van der Waals surface area contributed by atoms with E-state index in [9.17, 15) is 14.0 Å². The zero-order chi connectivity index (χ0) is 18.8. The van der Waals surface area contributed by atoms with Gasteiger partial charge >= 0.3 is 6.03 Å². The Hall–Kier alpha value is -2.96. The molecule has 2 fully saturated rings. The molecule has 2 heterocycles. The van der Waals surface area contributed by atoms with Crippen molar-refractivity contribution in [2.45, 2.75) is 19.4 Å². The van der Waals surface area contributed by atoms with Crippen LogP contribution in [0.1, 0.15) is 28.8 Å². The summed E-state index contributed by atoms with van der Waals surface area (Å²) in [5, 5.41) is 2.80. The third-order valence-electron chi connectivity index (χ3n) is 4.92. The van der Waals surface area contributed by atoms with E-state index in [0.29, 0.717) is 36.9 Å². The molecule has 4 rings (SSSR count). The summed E-state index contributed by atoms with van der Waals surface area (Å²) in [7, 11) is 0. The number of carbonyl (C=O) groups is 2. The second-order valence-corrected chi connectivity index (χ2v) is 7.04. The summed E-state index contributed by atoms with van der Waals surface area (Å²) in [4.78, 5) is 32.7. The Morgan fingerprint density at radius 1 is 1.19 bits per heavy atom. The van der Waals surface area contributed by atoms with Gasteiger partial charge in [-0.25, -0.2) is 14.2 Å². The molecule has 0 spiro atoms. The van der Waals surface area contributed by atoms with Gasteiger partial charge in [-0.05, 0) is 48.6 Å². The standard InChI is InChI=1S/C20H21FN4O2/c21-17-5-3-14(4-6-17)12-23-19(26)16-7-8-22-18(11-16)25-10-9-24(20(25)27)13-15-1-2-15/h3-8,11,15H,1-2,9-10,12-13H2,(H,23,26). The van der Waals surface area contributed by atoms with E-state index in [2.05, 4.69) is 10.3 Å². The largest absolute Gasteiger partial charge is 0.348 e. The molecule has 3 amide bonds. The summed E-state index contributed by atoms with van der Waals surface area (Å²) in [5.74, 6) is 0.567. The highest BCUT2D eigenvalue weighted by Crippen LogP contribution is 2.31. The first-order valence-corrected chi connectivity index (χ1v) is 9.15. The van der Waals surface area contributed by atoms with Crippen LogP contribution < -0.4 is 10.2 Å². The van der Waals surface area contributed by atoms with Crippen LogP contribution in [0.25, 0.3) is 0 Å². The Labute approximate surface area is 157 Å². The zero-order valence-electron chi connectivity index (χ0n) is 14.9. The van der Waals surface area contributed by atoms with E-state index in [0.717, 1.165) is 12.1 Å². The van der Waals surface area contributed by atoms with E-state index in [1.54, 1.807) is 35.4 Å². The van der Waals surface area contributed by atoms with Crippen molar-refractivity contribution in [3.63, 3.8) is 0 Å². The van der Waals surface area contributed by atoms with Gasteiger partial charge < -0.3 is 10.2 Å². The minimum absolute atomic E-state index is 0.0433. The van der Waals surface area contributed by atoms with E-state index >= 15 is 0 Å². The summed E-state index contributed by atoms with van der Waals surface area (Å²) in [6.45, 7) is 2.39. The zero-order valence-corrected chi connectivity index (χ0v) is 14.9. The molecule has 1 N–H and O–H groups in total. The van der Waals surface area contributed by atoms with E-state index in [1.165, 1.54) is 25.0 Å². The van der Waals surface area contributed by atoms with Crippen LogP contribution in [-0.2, 0) is 6.54 Å². The molecule has 140 valence electrons. The molecule has 7 heteroatoms.